The zero-order valence-electron chi connectivity index (χ0n) is 7.39. The summed E-state index contributed by atoms with van der Waals surface area (Å²) in [5.74, 6) is 0. The lowest BCUT2D eigenvalue weighted by Crippen LogP contribution is -2.31. The molecule has 0 aromatic carbocycles. The van der Waals surface area contributed by atoms with Crippen LogP contribution in [0.25, 0.3) is 0 Å². The van der Waals surface area contributed by atoms with E-state index in [-0.39, 0.29) is 6.09 Å². The maximum absolute atomic E-state index is 10.7. The molecule has 0 radical (unpaired) electrons. The van der Waals surface area contributed by atoms with Crippen molar-refractivity contribution in [2.45, 2.75) is 6.92 Å². The Hall–Kier alpha value is -0.770. The second kappa shape index (κ2) is 5.97. The highest BCUT2D eigenvalue weighted by molar-refractivity contribution is 5.66. The molecule has 1 amide bonds. The Kier molecular flexibility index (Phi) is 5.56. The summed E-state index contributed by atoms with van der Waals surface area (Å²) in [6.45, 7) is 3.67. The molecule has 4 nitrogen and oxygen atoms in total. The van der Waals surface area contributed by atoms with E-state index in [1.54, 1.807) is 6.92 Å². The van der Waals surface area contributed by atoms with Gasteiger partial charge in [-0.25, -0.2) is 4.79 Å². The Bertz CT molecular complexity index is 115. The molecule has 11 heavy (non-hydrogen) atoms. The molecule has 0 aromatic rings. The lowest BCUT2D eigenvalue weighted by Gasteiger charge is -2.09. The van der Waals surface area contributed by atoms with Gasteiger partial charge >= 0.3 is 6.09 Å². The molecule has 0 aliphatic rings. The second-order valence-corrected chi connectivity index (χ2v) is 2.45. The first-order chi connectivity index (χ1) is 5.16. The highest BCUT2D eigenvalue weighted by Crippen LogP contribution is 1.76. The average Bonchev–Trinajstić information content (AvgIpc) is 1.87. The minimum Gasteiger partial charge on any atom is -0.450 e. The number of amides is 1. The topological polar surface area (TPSA) is 41.6 Å². The predicted molar refractivity (Wildman–Crippen MR) is 43.6 cm³/mol. The Balaban J connectivity index is 3.17. The minimum atomic E-state index is -0.339. The van der Waals surface area contributed by atoms with Gasteiger partial charge in [-0.2, -0.15) is 0 Å². The molecule has 4 heteroatoms. The second-order valence-electron chi connectivity index (χ2n) is 2.45. The molecule has 0 rings (SSSR count). The number of alkyl carbamates (subject to hydrolysis) is 1. The van der Waals surface area contributed by atoms with Crippen LogP contribution in [0.15, 0.2) is 0 Å². The van der Waals surface area contributed by atoms with Gasteiger partial charge in [0.1, 0.15) is 0 Å². The molecule has 0 saturated heterocycles. The predicted octanol–water partition coefficient (Wildman–Crippen LogP) is 0.294. The summed E-state index contributed by atoms with van der Waals surface area (Å²) in [5, 5.41) is 2.61. The Morgan fingerprint density at radius 2 is 2.18 bits per heavy atom. The van der Waals surface area contributed by atoms with Crippen LogP contribution in [-0.2, 0) is 4.74 Å². The zero-order valence-corrected chi connectivity index (χ0v) is 7.39. The zero-order chi connectivity index (χ0) is 8.69. The number of nitrogens with one attached hydrogen (secondary N) is 1. The molecule has 0 aromatic heterocycles. The summed E-state index contributed by atoms with van der Waals surface area (Å²) in [4.78, 5) is 12.7. The fourth-order valence-electron chi connectivity index (χ4n) is 0.564. The number of ether oxygens (including phenoxy) is 1. The van der Waals surface area contributed by atoms with Crippen LogP contribution in [0.1, 0.15) is 6.92 Å². The number of rotatable bonds is 4. The summed E-state index contributed by atoms with van der Waals surface area (Å²) < 4.78 is 4.66. The van der Waals surface area contributed by atoms with Gasteiger partial charge in [0.05, 0.1) is 6.61 Å². The Morgan fingerprint density at radius 3 is 2.64 bits per heavy atom. The van der Waals surface area contributed by atoms with Gasteiger partial charge in [-0.3, -0.25) is 0 Å². The smallest absolute Gasteiger partial charge is 0.407 e. The van der Waals surface area contributed by atoms with Crippen molar-refractivity contribution in [3.8, 4) is 0 Å². The van der Waals surface area contributed by atoms with Crippen LogP contribution in [0.2, 0.25) is 0 Å². The Labute approximate surface area is 67.5 Å². The number of carbonyl (C=O) groups is 1. The van der Waals surface area contributed by atoms with E-state index in [1.165, 1.54) is 0 Å². The van der Waals surface area contributed by atoms with Gasteiger partial charge in [-0.1, -0.05) is 0 Å². The van der Waals surface area contributed by atoms with Crippen LogP contribution in [-0.4, -0.2) is 44.8 Å². The number of likely N-dealkylation sites (N-methyl/N-ethyl adjacent to an activating group) is 1. The van der Waals surface area contributed by atoms with E-state index in [1.807, 2.05) is 19.0 Å². The molecule has 0 fully saturated rings. The van der Waals surface area contributed by atoms with Crippen LogP contribution in [0.3, 0.4) is 0 Å². The van der Waals surface area contributed by atoms with E-state index >= 15 is 0 Å². The molecule has 0 aliphatic carbocycles. The van der Waals surface area contributed by atoms with E-state index < -0.39 is 0 Å². The third kappa shape index (κ3) is 7.12. The third-order valence-corrected chi connectivity index (χ3v) is 1.10. The van der Waals surface area contributed by atoms with Crippen molar-refractivity contribution in [3.63, 3.8) is 0 Å². The van der Waals surface area contributed by atoms with E-state index in [2.05, 4.69) is 10.1 Å². The van der Waals surface area contributed by atoms with E-state index in [0.717, 1.165) is 6.54 Å². The summed E-state index contributed by atoms with van der Waals surface area (Å²) in [6, 6.07) is 0. The van der Waals surface area contributed by atoms with E-state index in [4.69, 9.17) is 0 Å². The molecule has 0 unspecified atom stereocenters. The van der Waals surface area contributed by atoms with Crippen molar-refractivity contribution in [2.75, 3.05) is 33.8 Å². The molecule has 0 spiro atoms. The van der Waals surface area contributed by atoms with Crippen LogP contribution in [0, 0.1) is 0 Å². The number of hydrogen-bond donors (Lipinski definition) is 1. The molecule has 0 saturated carbocycles. The first-order valence-corrected chi connectivity index (χ1v) is 3.72. The maximum Gasteiger partial charge on any atom is 0.407 e. The summed E-state index contributed by atoms with van der Waals surface area (Å²) in [6.07, 6.45) is -0.339. The van der Waals surface area contributed by atoms with Crippen molar-refractivity contribution in [1.29, 1.82) is 0 Å². The van der Waals surface area contributed by atoms with Crippen molar-refractivity contribution in [2.24, 2.45) is 0 Å². The standard InChI is InChI=1S/C7H16N2O2/c1-4-11-7(10)8-5-6-9(2)3/h4-6H2,1-3H3,(H,8,10). The first kappa shape index (κ1) is 10.2. The van der Waals surface area contributed by atoms with Crippen molar-refractivity contribution >= 4 is 6.09 Å². The minimum absolute atomic E-state index is 0.339. The number of nitrogens with zero attached hydrogens (tertiary/aromatic N) is 1. The monoisotopic (exact) mass is 160 g/mol. The largest absolute Gasteiger partial charge is 0.450 e. The summed E-state index contributed by atoms with van der Waals surface area (Å²) in [5.41, 5.74) is 0. The molecule has 66 valence electrons. The van der Waals surface area contributed by atoms with E-state index in [0.29, 0.717) is 13.2 Å². The van der Waals surface area contributed by atoms with Crippen molar-refractivity contribution in [1.82, 2.24) is 10.2 Å². The molecule has 0 bridgehead atoms. The molecule has 0 aliphatic heterocycles. The Morgan fingerprint density at radius 1 is 1.55 bits per heavy atom. The lowest BCUT2D eigenvalue weighted by molar-refractivity contribution is 0.151. The normalized spacial score (nSPS) is 9.82. The average molecular weight is 160 g/mol. The van der Waals surface area contributed by atoms with Crippen LogP contribution < -0.4 is 5.32 Å². The molecule has 0 atom stereocenters. The van der Waals surface area contributed by atoms with Gasteiger partial charge in [0.2, 0.25) is 0 Å². The number of hydrogen-bond acceptors (Lipinski definition) is 3. The molecular weight excluding hydrogens is 144 g/mol. The first-order valence-electron chi connectivity index (χ1n) is 3.72. The SMILES string of the molecule is CCOC(=O)NCCN(C)C. The van der Waals surface area contributed by atoms with Crippen molar-refractivity contribution in [3.05, 3.63) is 0 Å². The van der Waals surface area contributed by atoms with E-state index in [9.17, 15) is 4.79 Å². The molecule has 1 N–H and O–H groups in total. The van der Waals surface area contributed by atoms with Gasteiger partial charge in [-0.15, -0.1) is 0 Å². The maximum atomic E-state index is 10.7. The van der Waals surface area contributed by atoms with Gasteiger partial charge < -0.3 is 15.0 Å². The highest BCUT2D eigenvalue weighted by atomic mass is 16.5. The van der Waals surface area contributed by atoms with Gasteiger partial charge in [-0.05, 0) is 21.0 Å². The summed E-state index contributed by atoms with van der Waals surface area (Å²) >= 11 is 0. The van der Waals surface area contributed by atoms with Crippen LogP contribution in [0.4, 0.5) is 4.79 Å². The lowest BCUT2D eigenvalue weighted by atomic mass is 10.6. The van der Waals surface area contributed by atoms with Crippen LogP contribution in [0.5, 0.6) is 0 Å². The highest BCUT2D eigenvalue weighted by Gasteiger charge is 1.97. The molecule has 0 heterocycles. The van der Waals surface area contributed by atoms with Gasteiger partial charge in [0.15, 0.2) is 0 Å². The van der Waals surface area contributed by atoms with Gasteiger partial charge in [0.25, 0.3) is 0 Å². The number of carbonyl (C=O) groups excluding carboxylic acids is 1. The molecular formula is C7H16N2O2. The van der Waals surface area contributed by atoms with Gasteiger partial charge in [0, 0.05) is 13.1 Å². The third-order valence-electron chi connectivity index (χ3n) is 1.10. The fraction of sp³-hybridized carbons (Fsp3) is 0.857. The quantitative estimate of drug-likeness (QED) is 0.643. The van der Waals surface area contributed by atoms with Crippen LogP contribution >= 0.6 is 0 Å². The van der Waals surface area contributed by atoms with Crippen molar-refractivity contribution < 1.29 is 9.53 Å². The fourth-order valence-corrected chi connectivity index (χ4v) is 0.564. The summed E-state index contributed by atoms with van der Waals surface area (Å²) in [7, 11) is 3.90.